The molecule has 0 spiro atoms. The molecule has 2 heterocycles. The molecule has 6 heteroatoms. The van der Waals surface area contributed by atoms with E-state index in [2.05, 4.69) is 25.7 Å². The lowest BCUT2D eigenvalue weighted by Gasteiger charge is -2.58. The number of likely N-dealkylation sites (tertiary alicyclic amines) is 1. The van der Waals surface area contributed by atoms with Gasteiger partial charge in [0, 0.05) is 50.7 Å². The number of carbonyl (C=O) groups excluding carboxylic acids is 1. The number of nitrogens with two attached hydrogens (primary N) is 1. The van der Waals surface area contributed by atoms with Gasteiger partial charge < -0.3 is 20.1 Å². The number of ether oxygens (including phenoxy) is 2. The molecule has 1 saturated carbocycles. The van der Waals surface area contributed by atoms with Gasteiger partial charge >= 0.3 is 0 Å². The maximum atomic E-state index is 13.2. The SMILES string of the molecule is CCOC1CC(N)(C(=O)N2CC(C)C(N3CCOCC3)C2)C1(C)C. The van der Waals surface area contributed by atoms with Crippen LogP contribution in [-0.4, -0.2) is 79.4 Å². The normalized spacial score (nSPS) is 39.7. The first-order valence-corrected chi connectivity index (χ1v) is 9.33. The van der Waals surface area contributed by atoms with Crippen molar-refractivity contribution in [3.63, 3.8) is 0 Å². The maximum absolute atomic E-state index is 13.2. The molecule has 1 aliphatic carbocycles. The van der Waals surface area contributed by atoms with Crippen LogP contribution in [0, 0.1) is 11.3 Å². The fraction of sp³-hybridized carbons (Fsp3) is 0.944. The molecule has 0 aromatic heterocycles. The van der Waals surface area contributed by atoms with Gasteiger partial charge in [0.1, 0.15) is 5.54 Å². The van der Waals surface area contributed by atoms with Gasteiger partial charge in [-0.2, -0.15) is 0 Å². The van der Waals surface area contributed by atoms with Crippen molar-refractivity contribution in [2.75, 3.05) is 46.0 Å². The van der Waals surface area contributed by atoms with Gasteiger partial charge in [0.15, 0.2) is 0 Å². The zero-order valence-electron chi connectivity index (χ0n) is 15.6. The number of amides is 1. The lowest BCUT2D eigenvalue weighted by atomic mass is 9.54. The molecular weight excluding hydrogens is 306 g/mol. The molecule has 6 nitrogen and oxygen atoms in total. The molecule has 2 saturated heterocycles. The van der Waals surface area contributed by atoms with Crippen LogP contribution in [0.15, 0.2) is 0 Å². The predicted molar refractivity (Wildman–Crippen MR) is 92.7 cm³/mol. The van der Waals surface area contributed by atoms with Crippen LogP contribution in [-0.2, 0) is 14.3 Å². The zero-order chi connectivity index (χ0) is 17.5. The first-order chi connectivity index (χ1) is 11.3. The quantitative estimate of drug-likeness (QED) is 0.816. The number of carbonyl (C=O) groups is 1. The summed E-state index contributed by atoms with van der Waals surface area (Å²) < 4.78 is 11.2. The molecule has 0 aromatic carbocycles. The lowest BCUT2D eigenvalue weighted by Crippen LogP contribution is -2.76. The van der Waals surface area contributed by atoms with Gasteiger partial charge in [-0.1, -0.05) is 20.8 Å². The molecule has 3 fully saturated rings. The second-order valence-corrected chi connectivity index (χ2v) is 8.24. The van der Waals surface area contributed by atoms with Gasteiger partial charge in [-0.05, 0) is 12.8 Å². The highest BCUT2D eigenvalue weighted by Gasteiger charge is 2.64. The van der Waals surface area contributed by atoms with Crippen molar-refractivity contribution in [1.29, 1.82) is 0 Å². The van der Waals surface area contributed by atoms with E-state index < -0.39 is 5.54 Å². The Bertz CT molecular complexity index is 478. The van der Waals surface area contributed by atoms with Gasteiger partial charge in [0.2, 0.25) is 5.91 Å². The van der Waals surface area contributed by atoms with Crippen LogP contribution in [0.3, 0.4) is 0 Å². The first kappa shape index (κ1) is 18.1. The Hall–Kier alpha value is -0.690. The minimum atomic E-state index is -0.799. The number of morpholine rings is 1. The van der Waals surface area contributed by atoms with E-state index >= 15 is 0 Å². The number of rotatable bonds is 4. The molecule has 1 amide bonds. The van der Waals surface area contributed by atoms with E-state index in [4.69, 9.17) is 15.2 Å². The lowest BCUT2D eigenvalue weighted by molar-refractivity contribution is -0.178. The molecule has 0 aromatic rings. The average molecular weight is 339 g/mol. The molecule has 0 radical (unpaired) electrons. The Balaban J connectivity index is 1.66. The van der Waals surface area contributed by atoms with Gasteiger partial charge in [0.05, 0.1) is 19.3 Å². The van der Waals surface area contributed by atoms with Crippen LogP contribution in [0.4, 0.5) is 0 Å². The van der Waals surface area contributed by atoms with Crippen molar-refractivity contribution in [2.24, 2.45) is 17.1 Å². The smallest absolute Gasteiger partial charge is 0.243 e. The van der Waals surface area contributed by atoms with E-state index in [0.717, 1.165) is 39.4 Å². The fourth-order valence-corrected chi connectivity index (χ4v) is 4.58. The monoisotopic (exact) mass is 339 g/mol. The minimum Gasteiger partial charge on any atom is -0.379 e. The number of hydrogen-bond donors (Lipinski definition) is 1. The Morgan fingerprint density at radius 3 is 2.54 bits per heavy atom. The second kappa shape index (κ2) is 6.56. The molecule has 3 rings (SSSR count). The summed E-state index contributed by atoms with van der Waals surface area (Å²) in [5.74, 6) is 0.576. The van der Waals surface area contributed by atoms with Crippen molar-refractivity contribution in [2.45, 2.75) is 51.8 Å². The Morgan fingerprint density at radius 1 is 1.29 bits per heavy atom. The fourth-order valence-electron chi connectivity index (χ4n) is 4.58. The highest BCUT2D eigenvalue weighted by molar-refractivity contribution is 5.89. The summed E-state index contributed by atoms with van der Waals surface area (Å²) in [5, 5.41) is 0. The summed E-state index contributed by atoms with van der Waals surface area (Å²) in [6.45, 7) is 14.1. The molecule has 3 aliphatic rings. The van der Waals surface area contributed by atoms with Gasteiger partial charge in [-0.3, -0.25) is 9.69 Å². The summed E-state index contributed by atoms with van der Waals surface area (Å²) in [4.78, 5) is 17.7. The number of hydrogen-bond acceptors (Lipinski definition) is 5. The van der Waals surface area contributed by atoms with Crippen molar-refractivity contribution >= 4 is 5.91 Å². The van der Waals surface area contributed by atoms with E-state index in [9.17, 15) is 4.79 Å². The van der Waals surface area contributed by atoms with Gasteiger partial charge in [-0.25, -0.2) is 0 Å². The molecule has 4 unspecified atom stereocenters. The molecule has 2 aliphatic heterocycles. The molecule has 0 bridgehead atoms. The van der Waals surface area contributed by atoms with Crippen molar-refractivity contribution in [3.8, 4) is 0 Å². The van der Waals surface area contributed by atoms with E-state index in [-0.39, 0.29) is 17.4 Å². The minimum absolute atomic E-state index is 0.0755. The summed E-state index contributed by atoms with van der Waals surface area (Å²) in [6, 6.07) is 0.423. The van der Waals surface area contributed by atoms with Crippen LogP contribution in [0.1, 0.15) is 34.1 Å². The van der Waals surface area contributed by atoms with Crippen molar-refractivity contribution < 1.29 is 14.3 Å². The Kier molecular flexibility index (Phi) is 4.95. The Labute approximate surface area is 145 Å². The standard InChI is InChI=1S/C18H33N3O3/c1-5-24-15-10-18(19,17(15,3)4)16(22)21-11-13(2)14(12-21)20-6-8-23-9-7-20/h13-15H,5-12,19H2,1-4H3. The van der Waals surface area contributed by atoms with Crippen molar-refractivity contribution in [1.82, 2.24) is 9.80 Å². The Morgan fingerprint density at radius 2 is 1.96 bits per heavy atom. The van der Waals surface area contributed by atoms with E-state index in [0.29, 0.717) is 25.0 Å². The van der Waals surface area contributed by atoms with E-state index in [1.807, 2.05) is 11.8 Å². The summed E-state index contributed by atoms with van der Waals surface area (Å²) in [5.41, 5.74) is 5.47. The highest BCUT2D eigenvalue weighted by Crippen LogP contribution is 2.51. The van der Waals surface area contributed by atoms with Crippen molar-refractivity contribution in [3.05, 3.63) is 0 Å². The highest BCUT2D eigenvalue weighted by atomic mass is 16.5. The van der Waals surface area contributed by atoms with Crippen LogP contribution < -0.4 is 5.73 Å². The maximum Gasteiger partial charge on any atom is 0.243 e. The van der Waals surface area contributed by atoms with Crippen LogP contribution in [0.25, 0.3) is 0 Å². The largest absolute Gasteiger partial charge is 0.379 e. The first-order valence-electron chi connectivity index (χ1n) is 9.33. The van der Waals surface area contributed by atoms with E-state index in [1.165, 1.54) is 0 Å². The predicted octanol–water partition coefficient (Wildman–Crippen LogP) is 0.698. The summed E-state index contributed by atoms with van der Waals surface area (Å²) >= 11 is 0. The molecule has 24 heavy (non-hydrogen) atoms. The summed E-state index contributed by atoms with van der Waals surface area (Å²) in [7, 11) is 0. The average Bonchev–Trinajstić information content (AvgIpc) is 2.96. The molecule has 2 N–H and O–H groups in total. The van der Waals surface area contributed by atoms with Crippen LogP contribution >= 0.6 is 0 Å². The molecule has 138 valence electrons. The topological polar surface area (TPSA) is 68.0 Å². The molecular formula is C18H33N3O3. The van der Waals surface area contributed by atoms with E-state index in [1.54, 1.807) is 0 Å². The second-order valence-electron chi connectivity index (χ2n) is 8.24. The van der Waals surface area contributed by atoms with Gasteiger partial charge in [-0.15, -0.1) is 0 Å². The zero-order valence-corrected chi connectivity index (χ0v) is 15.6. The van der Waals surface area contributed by atoms with Crippen LogP contribution in [0.5, 0.6) is 0 Å². The summed E-state index contributed by atoms with van der Waals surface area (Å²) in [6.07, 6.45) is 0.700. The third kappa shape index (κ3) is 2.77. The van der Waals surface area contributed by atoms with Crippen LogP contribution in [0.2, 0.25) is 0 Å². The third-order valence-electron chi connectivity index (χ3n) is 6.59. The van der Waals surface area contributed by atoms with Gasteiger partial charge in [0.25, 0.3) is 0 Å². The third-order valence-corrected chi connectivity index (χ3v) is 6.59. The molecule has 4 atom stereocenters. The number of nitrogens with zero attached hydrogens (tertiary/aromatic N) is 2.